The van der Waals surface area contributed by atoms with Crippen LogP contribution in [0.5, 0.6) is 11.5 Å². The van der Waals surface area contributed by atoms with Crippen LogP contribution in [0.1, 0.15) is 50.2 Å². The highest BCUT2D eigenvalue weighted by atomic mass is 35.5. The Morgan fingerprint density at radius 3 is 2.46 bits per heavy atom. The molecule has 0 unspecified atom stereocenters. The van der Waals surface area contributed by atoms with E-state index >= 15 is 0 Å². The zero-order valence-electron chi connectivity index (χ0n) is 20.2. The number of carbonyl (C=O) groups is 3. The van der Waals surface area contributed by atoms with E-state index in [0.29, 0.717) is 36.3 Å². The van der Waals surface area contributed by atoms with Crippen molar-refractivity contribution in [1.29, 1.82) is 0 Å². The number of barbiturate groups is 1. The summed E-state index contributed by atoms with van der Waals surface area (Å²) in [5, 5.41) is 13.3. The average molecular weight is 528 g/mol. The first-order valence-electron chi connectivity index (χ1n) is 12.0. The molecule has 1 aliphatic heterocycles. The number of non-ortho nitro benzene ring substituents is 1. The molecule has 4 amide bonds. The molecule has 11 heteroatoms. The van der Waals surface area contributed by atoms with E-state index in [0.717, 1.165) is 24.2 Å². The topological polar surface area (TPSA) is 128 Å². The Morgan fingerprint density at radius 1 is 1.11 bits per heavy atom. The van der Waals surface area contributed by atoms with Crippen molar-refractivity contribution in [2.24, 2.45) is 0 Å². The van der Waals surface area contributed by atoms with Gasteiger partial charge in [-0.1, -0.05) is 30.9 Å². The number of nitrogens with one attached hydrogen (secondary N) is 1. The van der Waals surface area contributed by atoms with Crippen LogP contribution in [0, 0.1) is 10.1 Å². The van der Waals surface area contributed by atoms with E-state index in [1.165, 1.54) is 24.3 Å². The number of hydrogen-bond donors (Lipinski definition) is 1. The summed E-state index contributed by atoms with van der Waals surface area (Å²) < 4.78 is 11.6. The van der Waals surface area contributed by atoms with Crippen molar-refractivity contribution in [2.75, 3.05) is 6.61 Å². The zero-order chi connectivity index (χ0) is 26.5. The molecule has 1 aliphatic carbocycles. The number of urea groups is 1. The second-order valence-electron chi connectivity index (χ2n) is 8.76. The fourth-order valence-electron chi connectivity index (χ4n) is 4.45. The van der Waals surface area contributed by atoms with Gasteiger partial charge in [0.2, 0.25) is 0 Å². The van der Waals surface area contributed by atoms with Gasteiger partial charge in [0.15, 0.2) is 11.5 Å². The van der Waals surface area contributed by atoms with Gasteiger partial charge >= 0.3 is 6.03 Å². The third-order valence-corrected chi connectivity index (χ3v) is 6.53. The van der Waals surface area contributed by atoms with Crippen molar-refractivity contribution in [2.45, 2.75) is 51.7 Å². The molecule has 2 aliphatic rings. The number of amides is 4. The van der Waals surface area contributed by atoms with E-state index in [1.54, 1.807) is 25.1 Å². The second kappa shape index (κ2) is 11.4. The molecule has 0 spiro atoms. The van der Waals surface area contributed by atoms with Crippen LogP contribution in [0.3, 0.4) is 0 Å². The number of halogens is 1. The molecule has 10 nitrogen and oxygen atoms in total. The van der Waals surface area contributed by atoms with E-state index in [-0.39, 0.29) is 34.7 Å². The minimum absolute atomic E-state index is 0.0285. The normalized spacial score (nSPS) is 17.6. The Bertz CT molecular complexity index is 1250. The molecule has 1 N–H and O–H groups in total. The molecule has 2 aromatic rings. The van der Waals surface area contributed by atoms with Gasteiger partial charge in [-0.05, 0) is 61.2 Å². The molecule has 1 saturated carbocycles. The third kappa shape index (κ3) is 5.91. The van der Waals surface area contributed by atoms with Crippen molar-refractivity contribution in [3.8, 4) is 11.5 Å². The van der Waals surface area contributed by atoms with E-state index in [1.807, 2.05) is 0 Å². The summed E-state index contributed by atoms with van der Waals surface area (Å²) in [4.78, 5) is 49.7. The molecular weight excluding hydrogens is 502 g/mol. The first kappa shape index (κ1) is 26.2. The lowest BCUT2D eigenvalue weighted by Crippen LogP contribution is -2.58. The molecule has 1 saturated heterocycles. The van der Waals surface area contributed by atoms with Crippen molar-refractivity contribution in [3.63, 3.8) is 0 Å². The van der Waals surface area contributed by atoms with Crippen LogP contribution in [0.25, 0.3) is 6.08 Å². The number of nitro benzene ring substituents is 1. The monoisotopic (exact) mass is 527 g/mol. The Kier molecular flexibility index (Phi) is 8.08. The van der Waals surface area contributed by atoms with Gasteiger partial charge in [0.05, 0.1) is 16.6 Å². The largest absolute Gasteiger partial charge is 0.490 e. The van der Waals surface area contributed by atoms with Gasteiger partial charge in [0.1, 0.15) is 12.2 Å². The number of hydrogen-bond acceptors (Lipinski definition) is 7. The molecule has 4 rings (SSSR count). The molecule has 0 aromatic heterocycles. The smallest absolute Gasteiger partial charge is 0.331 e. The van der Waals surface area contributed by atoms with Crippen LogP contribution >= 0.6 is 11.6 Å². The summed E-state index contributed by atoms with van der Waals surface area (Å²) in [6, 6.07) is 8.12. The van der Waals surface area contributed by atoms with E-state index in [4.69, 9.17) is 21.1 Å². The summed E-state index contributed by atoms with van der Waals surface area (Å²) >= 11 is 6.49. The number of ether oxygens (including phenoxy) is 2. The van der Waals surface area contributed by atoms with Gasteiger partial charge in [0.25, 0.3) is 17.5 Å². The second-order valence-corrected chi connectivity index (χ2v) is 9.17. The zero-order valence-corrected chi connectivity index (χ0v) is 21.0. The first-order valence-corrected chi connectivity index (χ1v) is 12.4. The standard InChI is InChI=1S/C26H26ClN3O7/c1-2-36-22-14-17(13-21(27)23(22)37-15-16-8-10-19(11-9-16)30(34)35)12-20-24(31)28-26(33)29(25(20)32)18-6-4-3-5-7-18/h8-14,18H,2-7,15H2,1H3,(H,28,31,33). The summed E-state index contributed by atoms with van der Waals surface area (Å²) in [5.41, 5.74) is 0.919. The van der Waals surface area contributed by atoms with E-state index < -0.39 is 22.8 Å². The SMILES string of the molecule is CCOc1cc(C=C2C(=O)NC(=O)N(C3CCCCC3)C2=O)cc(Cl)c1OCc1ccc([N+](=O)[O-])cc1. The Balaban J connectivity index is 1.59. The van der Waals surface area contributed by atoms with Crippen LogP contribution in [-0.2, 0) is 16.2 Å². The lowest BCUT2D eigenvalue weighted by atomic mass is 9.93. The van der Waals surface area contributed by atoms with Crippen LogP contribution in [0.4, 0.5) is 10.5 Å². The van der Waals surface area contributed by atoms with E-state index in [9.17, 15) is 24.5 Å². The number of carbonyl (C=O) groups excluding carboxylic acids is 3. The predicted octanol–water partition coefficient (Wildman–Crippen LogP) is 5.02. The van der Waals surface area contributed by atoms with Gasteiger partial charge in [-0.2, -0.15) is 0 Å². The quantitative estimate of drug-likeness (QED) is 0.221. The first-order chi connectivity index (χ1) is 17.8. The Hall–Kier alpha value is -3.92. The van der Waals surface area contributed by atoms with Gasteiger partial charge in [-0.25, -0.2) is 4.79 Å². The molecule has 37 heavy (non-hydrogen) atoms. The summed E-state index contributed by atoms with van der Waals surface area (Å²) in [6.07, 6.45) is 5.70. The molecular formula is C26H26ClN3O7. The number of rotatable bonds is 8. The maximum absolute atomic E-state index is 13.2. The summed E-state index contributed by atoms with van der Waals surface area (Å²) in [5.74, 6) is -0.849. The van der Waals surface area contributed by atoms with E-state index in [2.05, 4.69) is 5.32 Å². The average Bonchev–Trinajstić information content (AvgIpc) is 2.87. The maximum atomic E-state index is 13.2. The summed E-state index contributed by atoms with van der Waals surface area (Å²) in [7, 11) is 0. The van der Waals surface area contributed by atoms with Gasteiger partial charge in [0, 0.05) is 18.2 Å². The third-order valence-electron chi connectivity index (χ3n) is 6.25. The van der Waals surface area contributed by atoms with Crippen LogP contribution < -0.4 is 14.8 Å². The number of benzene rings is 2. The van der Waals surface area contributed by atoms with Crippen molar-refractivity contribution < 1.29 is 28.8 Å². The lowest BCUT2D eigenvalue weighted by Gasteiger charge is -2.35. The predicted molar refractivity (Wildman–Crippen MR) is 135 cm³/mol. The number of imide groups is 2. The van der Waals surface area contributed by atoms with Gasteiger partial charge < -0.3 is 9.47 Å². The molecule has 2 fully saturated rings. The van der Waals surface area contributed by atoms with Crippen LogP contribution in [0.15, 0.2) is 42.0 Å². The minimum Gasteiger partial charge on any atom is -0.490 e. The number of nitrogens with zero attached hydrogens (tertiary/aromatic N) is 2. The molecule has 194 valence electrons. The highest BCUT2D eigenvalue weighted by Crippen LogP contribution is 2.38. The molecule has 0 atom stereocenters. The Morgan fingerprint density at radius 2 is 1.81 bits per heavy atom. The van der Waals surface area contributed by atoms with Crippen molar-refractivity contribution in [3.05, 3.63) is 68.2 Å². The van der Waals surface area contributed by atoms with Crippen LogP contribution in [-0.4, -0.2) is 40.3 Å². The molecule has 1 heterocycles. The van der Waals surface area contributed by atoms with Gasteiger partial charge in [-0.3, -0.25) is 29.9 Å². The van der Waals surface area contributed by atoms with Gasteiger partial charge in [-0.15, -0.1) is 0 Å². The highest BCUT2D eigenvalue weighted by Gasteiger charge is 2.40. The Labute approximate surface area is 218 Å². The molecule has 2 aromatic carbocycles. The van der Waals surface area contributed by atoms with Crippen molar-refractivity contribution >= 4 is 41.2 Å². The summed E-state index contributed by atoms with van der Waals surface area (Å²) in [6.45, 7) is 2.16. The number of nitro groups is 1. The van der Waals surface area contributed by atoms with Crippen LogP contribution in [0.2, 0.25) is 5.02 Å². The fraction of sp³-hybridized carbons (Fsp3) is 0.346. The lowest BCUT2D eigenvalue weighted by molar-refractivity contribution is -0.384. The minimum atomic E-state index is -0.769. The highest BCUT2D eigenvalue weighted by molar-refractivity contribution is 6.33. The molecule has 0 bridgehead atoms. The fourth-order valence-corrected chi connectivity index (χ4v) is 4.73. The van der Waals surface area contributed by atoms with Crippen molar-refractivity contribution in [1.82, 2.24) is 10.2 Å². The maximum Gasteiger partial charge on any atom is 0.331 e. The molecule has 0 radical (unpaired) electrons.